The van der Waals surface area contributed by atoms with E-state index >= 15 is 0 Å². The first-order valence-corrected chi connectivity index (χ1v) is 6.79. The molecule has 0 aliphatic heterocycles. The molecule has 0 amide bonds. The molecular weight excluding hydrogens is 329 g/mol. The molecule has 1 aromatic heterocycles. The summed E-state index contributed by atoms with van der Waals surface area (Å²) < 4.78 is 49.9. The van der Waals surface area contributed by atoms with Crippen LogP contribution in [-0.4, -0.2) is 18.2 Å². The molecule has 1 aromatic carbocycles. The summed E-state index contributed by atoms with van der Waals surface area (Å²) in [7, 11) is 1.09. The number of carbonyl (C=O) groups is 1. The number of benzene rings is 1. The number of ether oxygens (including phenoxy) is 1. The first-order valence-electron chi connectivity index (χ1n) is 6.79. The molecule has 2 rings (SSSR count). The van der Waals surface area contributed by atoms with Gasteiger partial charge in [0, 0.05) is 6.07 Å². The summed E-state index contributed by atoms with van der Waals surface area (Å²) in [6.45, 7) is 1.42. The van der Waals surface area contributed by atoms with Crippen LogP contribution in [0, 0.1) is 24.4 Å². The zero-order valence-corrected chi connectivity index (χ0v) is 12.7. The number of aryl methyl sites for hydroxylation is 1. The van der Waals surface area contributed by atoms with E-state index in [0.29, 0.717) is 12.1 Å². The second-order valence-corrected chi connectivity index (χ2v) is 5.07. The molecule has 1 N–H and O–H groups in total. The predicted octanol–water partition coefficient (Wildman–Crippen LogP) is 2.77. The minimum Gasteiger partial charge on any atom is -0.502 e. The molecule has 0 unspecified atom stereocenters. The average Bonchev–Trinajstić information content (AvgIpc) is 2.53. The van der Waals surface area contributed by atoms with Crippen LogP contribution in [0.1, 0.15) is 29.4 Å². The Hall–Kier alpha value is -2.77. The molecule has 0 saturated carbocycles. The lowest BCUT2D eigenvalue weighted by molar-refractivity contribution is -0.140. The van der Waals surface area contributed by atoms with Crippen LogP contribution in [-0.2, 0) is 9.53 Å². The molecule has 24 heavy (non-hydrogen) atoms. The first kappa shape index (κ1) is 17.6. The van der Waals surface area contributed by atoms with Gasteiger partial charge in [0.1, 0.15) is 5.76 Å². The van der Waals surface area contributed by atoms with E-state index in [4.69, 9.17) is 4.42 Å². The van der Waals surface area contributed by atoms with E-state index in [9.17, 15) is 27.9 Å². The molecule has 128 valence electrons. The quantitative estimate of drug-likeness (QED) is 0.683. The van der Waals surface area contributed by atoms with Gasteiger partial charge in [-0.2, -0.15) is 0 Å². The summed E-state index contributed by atoms with van der Waals surface area (Å²) in [6.07, 6.45) is -0.485. The lowest BCUT2D eigenvalue weighted by Crippen LogP contribution is -2.14. The summed E-state index contributed by atoms with van der Waals surface area (Å²) in [5.41, 5.74) is -0.979. The number of halogens is 3. The van der Waals surface area contributed by atoms with Gasteiger partial charge in [0.05, 0.1) is 19.4 Å². The highest BCUT2D eigenvalue weighted by Crippen LogP contribution is 2.34. The Balaban J connectivity index is 2.66. The minimum atomic E-state index is -1.68. The molecule has 2 aromatic rings. The molecule has 0 fully saturated rings. The predicted molar refractivity (Wildman–Crippen MR) is 76.2 cm³/mol. The van der Waals surface area contributed by atoms with Crippen LogP contribution in [0.15, 0.2) is 27.4 Å². The Labute approximate surface area is 134 Å². The number of hydrogen-bond acceptors (Lipinski definition) is 5. The summed E-state index contributed by atoms with van der Waals surface area (Å²) in [5.74, 6) is -7.71. The topological polar surface area (TPSA) is 76.7 Å². The second-order valence-electron chi connectivity index (χ2n) is 5.07. The Bertz CT molecular complexity index is 821. The van der Waals surface area contributed by atoms with Crippen molar-refractivity contribution >= 4 is 5.97 Å². The van der Waals surface area contributed by atoms with Crippen LogP contribution in [0.25, 0.3) is 0 Å². The summed E-state index contributed by atoms with van der Waals surface area (Å²) in [6, 6.07) is 2.33. The van der Waals surface area contributed by atoms with Gasteiger partial charge in [-0.05, 0) is 24.6 Å². The highest BCUT2D eigenvalue weighted by molar-refractivity contribution is 5.71. The van der Waals surface area contributed by atoms with E-state index in [1.54, 1.807) is 0 Å². The minimum absolute atomic E-state index is 0.116. The van der Waals surface area contributed by atoms with E-state index in [1.807, 2.05) is 0 Å². The zero-order valence-electron chi connectivity index (χ0n) is 12.7. The highest BCUT2D eigenvalue weighted by atomic mass is 19.2. The van der Waals surface area contributed by atoms with Crippen molar-refractivity contribution in [1.29, 1.82) is 0 Å². The third kappa shape index (κ3) is 3.42. The smallest absolute Gasteiger partial charge is 0.306 e. The van der Waals surface area contributed by atoms with Crippen molar-refractivity contribution < 1.29 is 32.2 Å². The maximum atomic E-state index is 13.5. The number of hydrogen-bond donors (Lipinski definition) is 1. The van der Waals surface area contributed by atoms with Crippen LogP contribution < -0.4 is 5.43 Å². The van der Waals surface area contributed by atoms with Crippen LogP contribution in [0.2, 0.25) is 0 Å². The van der Waals surface area contributed by atoms with Gasteiger partial charge in [-0.15, -0.1) is 0 Å². The van der Waals surface area contributed by atoms with Crippen LogP contribution in [0.3, 0.4) is 0 Å². The standard InChI is InChI=1S/C16H13F3O5/c1-7-3-12(20)15(22)16(24-7)9(6-13(21)23-2)8-4-10(17)14(19)11(18)5-8/h3-5,9,22H,6H2,1-2H3/t9-/m1/s1. The van der Waals surface area contributed by atoms with E-state index in [0.717, 1.165) is 13.2 Å². The third-order valence-electron chi connectivity index (χ3n) is 3.40. The van der Waals surface area contributed by atoms with Crippen molar-refractivity contribution in [2.24, 2.45) is 0 Å². The molecule has 1 heterocycles. The lowest BCUT2D eigenvalue weighted by Gasteiger charge is -2.17. The molecule has 8 heteroatoms. The zero-order chi connectivity index (χ0) is 18.0. The van der Waals surface area contributed by atoms with Gasteiger partial charge in [0.25, 0.3) is 0 Å². The summed E-state index contributed by atoms with van der Waals surface area (Å²) >= 11 is 0. The molecule has 0 aliphatic rings. The normalized spacial score (nSPS) is 12.0. The number of methoxy groups -OCH3 is 1. The SMILES string of the molecule is COC(=O)C[C@H](c1cc(F)c(F)c(F)c1)c1oc(C)cc(=O)c1O. The van der Waals surface area contributed by atoms with Gasteiger partial charge in [-0.25, -0.2) is 13.2 Å². The summed E-state index contributed by atoms with van der Waals surface area (Å²) in [4.78, 5) is 23.3. The molecule has 0 spiro atoms. The van der Waals surface area contributed by atoms with E-state index < -0.39 is 46.9 Å². The molecule has 0 aliphatic carbocycles. The van der Waals surface area contributed by atoms with Crippen molar-refractivity contribution in [2.75, 3.05) is 7.11 Å². The molecular formula is C16H13F3O5. The molecule has 1 atom stereocenters. The molecule has 5 nitrogen and oxygen atoms in total. The Morgan fingerprint density at radius 2 is 1.83 bits per heavy atom. The van der Waals surface area contributed by atoms with Gasteiger partial charge in [0.15, 0.2) is 23.2 Å². The van der Waals surface area contributed by atoms with Gasteiger partial charge >= 0.3 is 5.97 Å². The third-order valence-corrected chi connectivity index (χ3v) is 3.40. The second kappa shape index (κ2) is 6.77. The Morgan fingerprint density at radius 3 is 2.38 bits per heavy atom. The number of rotatable bonds is 4. The Morgan fingerprint density at radius 1 is 1.25 bits per heavy atom. The summed E-state index contributed by atoms with van der Waals surface area (Å²) in [5, 5.41) is 9.91. The molecule has 0 saturated heterocycles. The first-order chi connectivity index (χ1) is 11.2. The van der Waals surface area contributed by atoms with E-state index in [1.165, 1.54) is 6.92 Å². The van der Waals surface area contributed by atoms with Crippen molar-refractivity contribution in [2.45, 2.75) is 19.3 Å². The average molecular weight is 342 g/mol. The van der Waals surface area contributed by atoms with Crippen molar-refractivity contribution in [3.63, 3.8) is 0 Å². The van der Waals surface area contributed by atoms with Crippen molar-refractivity contribution in [3.05, 3.63) is 63.0 Å². The maximum Gasteiger partial charge on any atom is 0.306 e. The van der Waals surface area contributed by atoms with Gasteiger partial charge < -0.3 is 14.3 Å². The maximum absolute atomic E-state index is 13.5. The van der Waals surface area contributed by atoms with E-state index in [-0.39, 0.29) is 17.1 Å². The van der Waals surface area contributed by atoms with E-state index in [2.05, 4.69) is 4.74 Å². The monoisotopic (exact) mass is 342 g/mol. The molecule has 0 bridgehead atoms. The molecule has 0 radical (unpaired) electrons. The fourth-order valence-corrected chi connectivity index (χ4v) is 2.25. The van der Waals surface area contributed by atoms with Crippen molar-refractivity contribution in [1.82, 2.24) is 0 Å². The number of aromatic hydroxyl groups is 1. The largest absolute Gasteiger partial charge is 0.502 e. The fourth-order valence-electron chi connectivity index (χ4n) is 2.25. The Kier molecular flexibility index (Phi) is 4.96. The van der Waals surface area contributed by atoms with Crippen LogP contribution in [0.5, 0.6) is 5.75 Å². The fraction of sp³-hybridized carbons (Fsp3) is 0.250. The van der Waals surface area contributed by atoms with Gasteiger partial charge in [-0.1, -0.05) is 0 Å². The number of carbonyl (C=O) groups excluding carboxylic acids is 1. The van der Waals surface area contributed by atoms with Gasteiger partial charge in [-0.3, -0.25) is 9.59 Å². The lowest BCUT2D eigenvalue weighted by atomic mass is 9.92. The highest BCUT2D eigenvalue weighted by Gasteiger charge is 2.28. The number of esters is 1. The van der Waals surface area contributed by atoms with Gasteiger partial charge in [0.2, 0.25) is 11.2 Å². The van der Waals surface area contributed by atoms with Crippen LogP contribution in [0.4, 0.5) is 13.2 Å². The van der Waals surface area contributed by atoms with Crippen molar-refractivity contribution in [3.8, 4) is 5.75 Å². The van der Waals surface area contributed by atoms with Crippen LogP contribution >= 0.6 is 0 Å².